The third-order valence-corrected chi connectivity index (χ3v) is 3.24. The third kappa shape index (κ3) is 3.59. The van der Waals surface area contributed by atoms with E-state index in [1.807, 2.05) is 12.1 Å². The van der Waals surface area contributed by atoms with Gasteiger partial charge in [-0.15, -0.1) is 0 Å². The molecule has 0 aromatic heterocycles. The average molecular weight is 306 g/mol. The molecule has 2 aromatic rings. The Balaban J connectivity index is 2.03. The molecule has 3 heteroatoms. The average Bonchev–Trinajstić information content (AvgIpc) is 2.40. The molecule has 0 aliphatic heterocycles. The summed E-state index contributed by atoms with van der Waals surface area (Å²) in [5, 5.41) is 3.44. The van der Waals surface area contributed by atoms with E-state index < -0.39 is 0 Å². The van der Waals surface area contributed by atoms with Crippen molar-refractivity contribution in [1.29, 1.82) is 0 Å². The van der Waals surface area contributed by atoms with Gasteiger partial charge >= 0.3 is 0 Å². The van der Waals surface area contributed by atoms with E-state index in [0.29, 0.717) is 6.61 Å². The van der Waals surface area contributed by atoms with Gasteiger partial charge in [-0.3, -0.25) is 0 Å². The summed E-state index contributed by atoms with van der Waals surface area (Å²) >= 11 is 3.44. The second-order valence-corrected chi connectivity index (χ2v) is 4.99. The molecule has 0 atom stereocenters. The number of rotatable bonds is 5. The highest BCUT2D eigenvalue weighted by atomic mass is 79.9. The molecule has 0 aliphatic carbocycles. The van der Waals surface area contributed by atoms with Gasteiger partial charge in [0, 0.05) is 29.4 Å². The van der Waals surface area contributed by atoms with Crippen LogP contribution in [-0.4, -0.2) is 7.11 Å². The maximum absolute atomic E-state index is 5.19. The predicted octanol–water partition coefficient (Wildman–Crippen LogP) is 4.21. The third-order valence-electron chi connectivity index (χ3n) is 2.71. The first-order chi connectivity index (χ1) is 8.79. The van der Waals surface area contributed by atoms with Crippen molar-refractivity contribution in [2.24, 2.45) is 0 Å². The Morgan fingerprint density at radius 3 is 2.50 bits per heavy atom. The molecule has 18 heavy (non-hydrogen) atoms. The van der Waals surface area contributed by atoms with Gasteiger partial charge in [0.15, 0.2) is 0 Å². The van der Waals surface area contributed by atoms with E-state index in [1.54, 1.807) is 7.11 Å². The lowest BCUT2D eigenvalue weighted by molar-refractivity contribution is 0.185. The van der Waals surface area contributed by atoms with Crippen molar-refractivity contribution < 1.29 is 4.74 Å². The van der Waals surface area contributed by atoms with Crippen molar-refractivity contribution in [3.8, 4) is 0 Å². The van der Waals surface area contributed by atoms with E-state index in [2.05, 4.69) is 57.6 Å². The number of halogens is 1. The molecule has 0 radical (unpaired) electrons. The number of benzene rings is 2. The molecule has 94 valence electrons. The fourth-order valence-electron chi connectivity index (χ4n) is 1.77. The van der Waals surface area contributed by atoms with Gasteiger partial charge in [0.05, 0.1) is 6.61 Å². The Kier molecular flexibility index (Phi) is 4.79. The lowest BCUT2D eigenvalue weighted by Crippen LogP contribution is -2.02. The van der Waals surface area contributed by atoms with Gasteiger partial charge in [-0.05, 0) is 23.8 Å². The fourth-order valence-corrected chi connectivity index (χ4v) is 2.04. The molecule has 0 amide bonds. The Morgan fingerprint density at radius 1 is 1.06 bits per heavy atom. The van der Waals surface area contributed by atoms with Crippen LogP contribution in [0.5, 0.6) is 0 Å². The standard InChI is InChI=1S/C15H16BrNO/c1-18-11-13-4-2-3-5-15(13)17-10-12-6-8-14(16)9-7-12/h2-9,17H,10-11H2,1H3. The second-order valence-electron chi connectivity index (χ2n) is 4.07. The number of hydrogen-bond acceptors (Lipinski definition) is 2. The Bertz CT molecular complexity index is 496. The molecule has 2 rings (SSSR count). The maximum atomic E-state index is 5.19. The highest BCUT2D eigenvalue weighted by Crippen LogP contribution is 2.17. The summed E-state index contributed by atoms with van der Waals surface area (Å²) in [7, 11) is 1.71. The second kappa shape index (κ2) is 6.57. The summed E-state index contributed by atoms with van der Waals surface area (Å²) < 4.78 is 6.29. The van der Waals surface area contributed by atoms with Gasteiger partial charge in [-0.1, -0.05) is 46.3 Å². The molecule has 2 aromatic carbocycles. The van der Waals surface area contributed by atoms with Gasteiger partial charge in [0.2, 0.25) is 0 Å². The van der Waals surface area contributed by atoms with Crippen molar-refractivity contribution in [3.05, 3.63) is 64.1 Å². The van der Waals surface area contributed by atoms with Gasteiger partial charge in [0.25, 0.3) is 0 Å². The summed E-state index contributed by atoms with van der Waals surface area (Å²) in [6.45, 7) is 1.44. The van der Waals surface area contributed by atoms with E-state index in [9.17, 15) is 0 Å². The van der Waals surface area contributed by atoms with Crippen molar-refractivity contribution in [1.82, 2.24) is 0 Å². The van der Waals surface area contributed by atoms with Crippen LogP contribution >= 0.6 is 15.9 Å². The van der Waals surface area contributed by atoms with E-state index in [0.717, 1.165) is 16.7 Å². The quantitative estimate of drug-likeness (QED) is 0.893. The molecule has 0 aliphatic rings. The van der Waals surface area contributed by atoms with Crippen molar-refractivity contribution in [2.75, 3.05) is 12.4 Å². The highest BCUT2D eigenvalue weighted by Gasteiger charge is 2.00. The SMILES string of the molecule is COCc1ccccc1NCc1ccc(Br)cc1. The van der Waals surface area contributed by atoms with Crippen LogP contribution in [0.4, 0.5) is 5.69 Å². The van der Waals surface area contributed by atoms with Crippen LogP contribution in [0.25, 0.3) is 0 Å². The fraction of sp³-hybridized carbons (Fsp3) is 0.200. The molecule has 0 saturated carbocycles. The van der Waals surface area contributed by atoms with Gasteiger partial charge in [0.1, 0.15) is 0 Å². The molecule has 0 unspecified atom stereocenters. The van der Waals surface area contributed by atoms with Gasteiger partial charge in [-0.2, -0.15) is 0 Å². The first kappa shape index (κ1) is 13.1. The van der Waals surface area contributed by atoms with Gasteiger partial charge in [-0.25, -0.2) is 0 Å². The summed E-state index contributed by atoms with van der Waals surface area (Å²) in [4.78, 5) is 0. The van der Waals surface area contributed by atoms with Crippen LogP contribution < -0.4 is 5.32 Å². The van der Waals surface area contributed by atoms with Crippen LogP contribution in [0, 0.1) is 0 Å². The topological polar surface area (TPSA) is 21.3 Å². The van der Waals surface area contributed by atoms with E-state index in [4.69, 9.17) is 4.74 Å². The lowest BCUT2D eigenvalue weighted by atomic mass is 10.1. The first-order valence-electron chi connectivity index (χ1n) is 5.85. The predicted molar refractivity (Wildman–Crippen MR) is 78.6 cm³/mol. The van der Waals surface area contributed by atoms with Gasteiger partial charge < -0.3 is 10.1 Å². The number of para-hydroxylation sites is 1. The Labute approximate surface area is 116 Å². The number of ether oxygens (including phenoxy) is 1. The van der Waals surface area contributed by atoms with Crippen LogP contribution in [0.1, 0.15) is 11.1 Å². The molecule has 2 nitrogen and oxygen atoms in total. The molecule has 0 saturated heterocycles. The molecular weight excluding hydrogens is 290 g/mol. The van der Waals surface area contributed by atoms with Crippen molar-refractivity contribution in [2.45, 2.75) is 13.2 Å². The van der Waals surface area contributed by atoms with Crippen LogP contribution in [-0.2, 0) is 17.9 Å². The zero-order valence-electron chi connectivity index (χ0n) is 10.3. The smallest absolute Gasteiger partial charge is 0.0733 e. The van der Waals surface area contributed by atoms with Crippen LogP contribution in [0.15, 0.2) is 53.0 Å². The van der Waals surface area contributed by atoms with E-state index in [1.165, 1.54) is 11.1 Å². The number of anilines is 1. The number of methoxy groups -OCH3 is 1. The monoisotopic (exact) mass is 305 g/mol. The van der Waals surface area contributed by atoms with Crippen molar-refractivity contribution >= 4 is 21.6 Å². The van der Waals surface area contributed by atoms with Crippen LogP contribution in [0.3, 0.4) is 0 Å². The zero-order valence-corrected chi connectivity index (χ0v) is 11.9. The minimum absolute atomic E-state index is 0.628. The van der Waals surface area contributed by atoms with Crippen molar-refractivity contribution in [3.63, 3.8) is 0 Å². The molecule has 0 bridgehead atoms. The Hall–Kier alpha value is -1.32. The first-order valence-corrected chi connectivity index (χ1v) is 6.64. The summed E-state index contributed by atoms with van der Waals surface area (Å²) in [5.41, 5.74) is 3.56. The normalized spacial score (nSPS) is 10.3. The van der Waals surface area contributed by atoms with E-state index >= 15 is 0 Å². The minimum atomic E-state index is 0.628. The summed E-state index contributed by atoms with van der Waals surface area (Å²) in [6.07, 6.45) is 0. The molecule has 0 spiro atoms. The number of hydrogen-bond donors (Lipinski definition) is 1. The molecule has 0 fully saturated rings. The summed E-state index contributed by atoms with van der Waals surface area (Å²) in [5.74, 6) is 0. The molecule has 0 heterocycles. The van der Waals surface area contributed by atoms with E-state index in [-0.39, 0.29) is 0 Å². The lowest BCUT2D eigenvalue weighted by Gasteiger charge is -2.11. The Morgan fingerprint density at radius 2 is 1.78 bits per heavy atom. The van der Waals surface area contributed by atoms with Crippen LogP contribution in [0.2, 0.25) is 0 Å². The largest absolute Gasteiger partial charge is 0.381 e. The summed E-state index contributed by atoms with van der Waals surface area (Å²) in [6, 6.07) is 16.5. The highest BCUT2D eigenvalue weighted by molar-refractivity contribution is 9.10. The minimum Gasteiger partial charge on any atom is -0.381 e. The molecular formula is C15H16BrNO. The number of nitrogens with one attached hydrogen (secondary N) is 1. The zero-order chi connectivity index (χ0) is 12.8. The maximum Gasteiger partial charge on any atom is 0.0733 e. The molecule has 1 N–H and O–H groups in total.